The van der Waals surface area contributed by atoms with Crippen LogP contribution in [0.5, 0.6) is 0 Å². The van der Waals surface area contributed by atoms with Gasteiger partial charge in [-0.1, -0.05) is 0 Å². The molecule has 3 rings (SSSR count). The van der Waals surface area contributed by atoms with Crippen molar-refractivity contribution in [1.82, 2.24) is 9.78 Å². The van der Waals surface area contributed by atoms with E-state index in [1.54, 1.807) is 23.0 Å². The van der Waals surface area contributed by atoms with Gasteiger partial charge in [-0.3, -0.25) is 0 Å². The van der Waals surface area contributed by atoms with Crippen LogP contribution in [0, 0.1) is 5.82 Å². The van der Waals surface area contributed by atoms with E-state index < -0.39 is 0 Å². The molecule has 0 aliphatic rings. The van der Waals surface area contributed by atoms with Crippen LogP contribution in [0.3, 0.4) is 0 Å². The Labute approximate surface area is 97.3 Å². The van der Waals surface area contributed by atoms with Crippen LogP contribution in [-0.2, 0) is 0 Å². The van der Waals surface area contributed by atoms with Gasteiger partial charge >= 0.3 is 0 Å². The molecular weight excluding hydrogens is 217 g/mol. The molecule has 2 aromatic carbocycles. The number of nitrogen functional groups attached to an aromatic ring is 1. The second-order valence-electron chi connectivity index (χ2n) is 3.85. The molecule has 0 atom stereocenters. The van der Waals surface area contributed by atoms with Crippen molar-refractivity contribution >= 4 is 16.6 Å². The van der Waals surface area contributed by atoms with Gasteiger partial charge in [0.2, 0.25) is 0 Å². The molecule has 0 saturated carbocycles. The number of aromatic nitrogens is 2. The molecule has 0 fully saturated rings. The summed E-state index contributed by atoms with van der Waals surface area (Å²) in [6.45, 7) is 0. The van der Waals surface area contributed by atoms with Crippen molar-refractivity contribution in [2.24, 2.45) is 0 Å². The van der Waals surface area contributed by atoms with E-state index >= 15 is 0 Å². The van der Waals surface area contributed by atoms with E-state index in [1.807, 2.05) is 18.2 Å². The standard InChI is InChI=1S/C13H10FN3/c14-10-2-5-12(6-3-10)17-13-7-11(15)4-1-9(13)8-16-17/h1-8H,15H2. The van der Waals surface area contributed by atoms with E-state index in [0.717, 1.165) is 16.6 Å². The monoisotopic (exact) mass is 227 g/mol. The second-order valence-corrected chi connectivity index (χ2v) is 3.85. The number of nitrogens with zero attached hydrogens (tertiary/aromatic N) is 2. The van der Waals surface area contributed by atoms with Crippen molar-refractivity contribution in [2.45, 2.75) is 0 Å². The van der Waals surface area contributed by atoms with Gasteiger partial charge in [-0.15, -0.1) is 0 Å². The Morgan fingerprint density at radius 3 is 2.59 bits per heavy atom. The highest BCUT2D eigenvalue weighted by Crippen LogP contribution is 2.20. The molecule has 0 unspecified atom stereocenters. The third-order valence-electron chi connectivity index (χ3n) is 2.67. The highest BCUT2D eigenvalue weighted by Gasteiger charge is 2.04. The van der Waals surface area contributed by atoms with E-state index in [1.165, 1.54) is 12.1 Å². The summed E-state index contributed by atoms with van der Waals surface area (Å²) < 4.78 is 14.6. The largest absolute Gasteiger partial charge is 0.399 e. The number of halogens is 1. The van der Waals surface area contributed by atoms with Gasteiger partial charge in [0.25, 0.3) is 0 Å². The van der Waals surface area contributed by atoms with Crippen molar-refractivity contribution in [2.75, 3.05) is 5.73 Å². The van der Waals surface area contributed by atoms with E-state index in [-0.39, 0.29) is 5.82 Å². The zero-order valence-corrected chi connectivity index (χ0v) is 8.97. The lowest BCUT2D eigenvalue weighted by Gasteiger charge is -2.03. The minimum atomic E-state index is -0.260. The van der Waals surface area contributed by atoms with Crippen LogP contribution in [0.4, 0.5) is 10.1 Å². The number of anilines is 1. The molecular formula is C13H10FN3. The lowest BCUT2D eigenvalue weighted by atomic mass is 10.2. The fourth-order valence-corrected chi connectivity index (χ4v) is 1.82. The molecule has 0 saturated heterocycles. The number of hydrogen-bond acceptors (Lipinski definition) is 2. The quantitative estimate of drug-likeness (QED) is 0.649. The third kappa shape index (κ3) is 1.63. The summed E-state index contributed by atoms with van der Waals surface area (Å²) in [6.07, 6.45) is 1.76. The van der Waals surface area contributed by atoms with E-state index in [2.05, 4.69) is 5.10 Å². The molecule has 4 heteroatoms. The zero-order chi connectivity index (χ0) is 11.8. The van der Waals surface area contributed by atoms with Crippen molar-refractivity contribution in [3.8, 4) is 5.69 Å². The first kappa shape index (κ1) is 9.84. The van der Waals surface area contributed by atoms with Gasteiger partial charge in [-0.05, 0) is 42.5 Å². The average molecular weight is 227 g/mol. The predicted octanol–water partition coefficient (Wildman–Crippen LogP) is 2.75. The number of hydrogen-bond donors (Lipinski definition) is 1. The first-order chi connectivity index (χ1) is 8.24. The molecule has 2 N–H and O–H groups in total. The van der Waals surface area contributed by atoms with E-state index in [4.69, 9.17) is 5.73 Å². The highest BCUT2D eigenvalue weighted by atomic mass is 19.1. The van der Waals surface area contributed by atoms with Crippen LogP contribution >= 0.6 is 0 Å². The lowest BCUT2D eigenvalue weighted by molar-refractivity contribution is 0.627. The fourth-order valence-electron chi connectivity index (χ4n) is 1.82. The van der Waals surface area contributed by atoms with Gasteiger partial charge < -0.3 is 5.73 Å². The summed E-state index contributed by atoms with van der Waals surface area (Å²) in [6, 6.07) is 11.8. The third-order valence-corrected chi connectivity index (χ3v) is 2.67. The topological polar surface area (TPSA) is 43.8 Å². The van der Waals surface area contributed by atoms with Crippen LogP contribution < -0.4 is 5.73 Å². The summed E-state index contributed by atoms with van der Waals surface area (Å²) in [5.41, 5.74) is 8.16. The molecule has 0 bridgehead atoms. The molecule has 17 heavy (non-hydrogen) atoms. The maximum absolute atomic E-state index is 12.9. The van der Waals surface area contributed by atoms with Gasteiger partial charge in [0, 0.05) is 11.1 Å². The van der Waals surface area contributed by atoms with E-state index in [9.17, 15) is 4.39 Å². The zero-order valence-electron chi connectivity index (χ0n) is 8.97. The number of fused-ring (bicyclic) bond motifs is 1. The molecule has 0 aliphatic carbocycles. The van der Waals surface area contributed by atoms with Crippen LogP contribution in [0.25, 0.3) is 16.6 Å². The fraction of sp³-hybridized carbons (Fsp3) is 0. The molecule has 0 spiro atoms. The Bertz CT molecular complexity index is 671. The van der Waals surface area contributed by atoms with Gasteiger partial charge in [0.15, 0.2) is 0 Å². The van der Waals surface area contributed by atoms with Crippen molar-refractivity contribution in [1.29, 1.82) is 0 Å². The first-order valence-electron chi connectivity index (χ1n) is 5.23. The van der Waals surface area contributed by atoms with Crippen LogP contribution in [0.1, 0.15) is 0 Å². The minimum absolute atomic E-state index is 0.260. The first-order valence-corrected chi connectivity index (χ1v) is 5.23. The Morgan fingerprint density at radius 2 is 1.82 bits per heavy atom. The SMILES string of the molecule is Nc1ccc2cnn(-c3ccc(F)cc3)c2c1. The Balaban J connectivity index is 2.23. The molecule has 1 heterocycles. The summed E-state index contributed by atoms with van der Waals surface area (Å²) in [5.74, 6) is -0.260. The minimum Gasteiger partial charge on any atom is -0.399 e. The molecule has 84 valence electrons. The average Bonchev–Trinajstić information content (AvgIpc) is 2.73. The summed E-state index contributed by atoms with van der Waals surface area (Å²) in [4.78, 5) is 0. The molecule has 3 aromatic rings. The number of benzene rings is 2. The second kappa shape index (κ2) is 3.59. The highest BCUT2D eigenvalue weighted by molar-refractivity contribution is 5.83. The summed E-state index contributed by atoms with van der Waals surface area (Å²) in [7, 11) is 0. The molecule has 0 amide bonds. The maximum Gasteiger partial charge on any atom is 0.123 e. The molecule has 0 radical (unpaired) electrons. The van der Waals surface area contributed by atoms with Gasteiger partial charge in [-0.25, -0.2) is 9.07 Å². The van der Waals surface area contributed by atoms with Crippen LogP contribution in [0.2, 0.25) is 0 Å². The van der Waals surface area contributed by atoms with Crippen molar-refractivity contribution < 1.29 is 4.39 Å². The summed E-state index contributed by atoms with van der Waals surface area (Å²) >= 11 is 0. The van der Waals surface area contributed by atoms with Gasteiger partial charge in [-0.2, -0.15) is 5.10 Å². The molecule has 1 aromatic heterocycles. The summed E-state index contributed by atoms with van der Waals surface area (Å²) in [5, 5.41) is 5.28. The molecule has 0 aliphatic heterocycles. The maximum atomic E-state index is 12.9. The van der Waals surface area contributed by atoms with Gasteiger partial charge in [0.1, 0.15) is 5.82 Å². The van der Waals surface area contributed by atoms with Gasteiger partial charge in [0.05, 0.1) is 17.4 Å². The van der Waals surface area contributed by atoms with Crippen LogP contribution in [0.15, 0.2) is 48.7 Å². The Hall–Kier alpha value is -2.36. The number of nitrogens with two attached hydrogens (primary N) is 1. The van der Waals surface area contributed by atoms with Crippen molar-refractivity contribution in [3.05, 3.63) is 54.5 Å². The van der Waals surface area contributed by atoms with Crippen molar-refractivity contribution in [3.63, 3.8) is 0 Å². The number of rotatable bonds is 1. The molecule has 3 nitrogen and oxygen atoms in total. The Morgan fingerprint density at radius 1 is 1.06 bits per heavy atom. The lowest BCUT2D eigenvalue weighted by Crippen LogP contribution is -1.96. The van der Waals surface area contributed by atoms with E-state index in [0.29, 0.717) is 5.69 Å². The smallest absolute Gasteiger partial charge is 0.123 e. The Kier molecular flexibility index (Phi) is 2.08. The van der Waals surface area contributed by atoms with Crippen LogP contribution in [-0.4, -0.2) is 9.78 Å². The normalized spacial score (nSPS) is 10.9. The predicted molar refractivity (Wildman–Crippen MR) is 65.4 cm³/mol.